The number of hydrogen-bond acceptors (Lipinski definition) is 2. The van der Waals surface area contributed by atoms with Gasteiger partial charge in [0.15, 0.2) is 0 Å². The first-order chi connectivity index (χ1) is 10.6. The zero-order valence-electron chi connectivity index (χ0n) is 12.9. The molecule has 1 aromatic rings. The number of ether oxygens (including phenoxy) is 1. The van der Waals surface area contributed by atoms with Crippen LogP contribution < -0.4 is 0 Å². The third-order valence-corrected chi connectivity index (χ3v) is 4.50. The van der Waals surface area contributed by atoms with Gasteiger partial charge in [0, 0.05) is 23.5 Å². The van der Waals surface area contributed by atoms with Gasteiger partial charge in [0.05, 0.1) is 58.1 Å². The molecular weight excluding hydrogens is 284 g/mol. The van der Waals surface area contributed by atoms with Crippen LogP contribution in [0.2, 0.25) is 20.8 Å². The van der Waals surface area contributed by atoms with Crippen LogP contribution >= 0.6 is 0 Å². The minimum absolute atomic E-state index is 0.134. The topological polar surface area (TPSA) is 26.3 Å². The van der Waals surface area contributed by atoms with Gasteiger partial charge in [-0.15, -0.1) is 15.5 Å². The predicted molar refractivity (Wildman–Crippen MR) is 102 cm³/mol. The molecule has 0 amide bonds. The molecule has 1 aliphatic rings. The lowest BCUT2D eigenvalue weighted by Gasteiger charge is -2.66. The molecule has 0 aromatic heterocycles. The van der Waals surface area contributed by atoms with Gasteiger partial charge in [-0.2, -0.15) is 0 Å². The van der Waals surface area contributed by atoms with Crippen molar-refractivity contribution in [3.63, 3.8) is 0 Å². The van der Waals surface area contributed by atoms with E-state index < -0.39 is 32.2 Å². The summed E-state index contributed by atoms with van der Waals surface area (Å²) < 4.78 is 5.17. The van der Waals surface area contributed by atoms with Crippen LogP contribution in [-0.2, 0) is 10.2 Å². The summed E-state index contributed by atoms with van der Waals surface area (Å²) >= 11 is 0. The second-order valence-corrected chi connectivity index (χ2v) is 6.21. The van der Waals surface area contributed by atoms with Crippen LogP contribution in [0.4, 0.5) is 0 Å². The third kappa shape index (κ3) is 2.35. The standard InChI is InChI=1S/C12H4B10O2/c13-8(6-4-2-1-3-5(6)7(23)24-8)9(14,15)10(16,17)11(18,19)12(20,21)22/h1-4H. The maximum absolute atomic E-state index is 12.1. The Morgan fingerprint density at radius 2 is 1.33 bits per heavy atom. The lowest BCUT2D eigenvalue weighted by Crippen LogP contribution is -2.57. The summed E-state index contributed by atoms with van der Waals surface area (Å²) in [7, 11) is 58.7. The number of rotatable bonds is 4. The Labute approximate surface area is 155 Å². The average molecular weight is 288 g/mol. The smallest absolute Gasteiger partial charge is 0.338 e. The second kappa shape index (κ2) is 5.42. The highest BCUT2D eigenvalue weighted by Crippen LogP contribution is 2.69. The molecule has 0 fully saturated rings. The van der Waals surface area contributed by atoms with E-state index in [1.807, 2.05) is 0 Å². The molecule has 2 rings (SSSR count). The Bertz CT molecular complexity index is 681. The highest BCUT2D eigenvalue weighted by molar-refractivity contribution is 6.72. The van der Waals surface area contributed by atoms with E-state index >= 15 is 0 Å². The van der Waals surface area contributed by atoms with Crippen molar-refractivity contribution in [1.29, 1.82) is 0 Å². The molecule has 0 N–H and O–H groups in total. The first-order valence-electron chi connectivity index (χ1n) is 6.83. The van der Waals surface area contributed by atoms with Gasteiger partial charge < -0.3 is 4.74 Å². The fourth-order valence-electron chi connectivity index (χ4n) is 2.56. The van der Waals surface area contributed by atoms with Gasteiger partial charge >= 0.3 is 5.97 Å². The molecule has 1 aliphatic heterocycles. The largest absolute Gasteiger partial charge is 0.462 e. The fourth-order valence-corrected chi connectivity index (χ4v) is 2.56. The van der Waals surface area contributed by atoms with Gasteiger partial charge in [0.25, 0.3) is 0 Å². The van der Waals surface area contributed by atoms with Crippen molar-refractivity contribution in [1.82, 2.24) is 0 Å². The molecule has 0 aliphatic carbocycles. The Hall–Kier alpha value is -0.661. The predicted octanol–water partition coefficient (Wildman–Crippen LogP) is -1.88. The van der Waals surface area contributed by atoms with Crippen LogP contribution in [0.3, 0.4) is 0 Å². The van der Waals surface area contributed by atoms with E-state index in [4.69, 9.17) is 83.2 Å². The number of hydrogen-bond donors (Lipinski definition) is 0. The van der Waals surface area contributed by atoms with Crippen molar-refractivity contribution in [2.45, 2.75) is 26.3 Å². The van der Waals surface area contributed by atoms with E-state index in [9.17, 15) is 4.79 Å². The quantitative estimate of drug-likeness (QED) is 0.479. The minimum Gasteiger partial charge on any atom is -0.462 e. The van der Waals surface area contributed by atoms with Gasteiger partial charge in [-0.05, 0) is 11.6 Å². The van der Waals surface area contributed by atoms with Crippen molar-refractivity contribution >= 4 is 84.4 Å². The lowest BCUT2D eigenvalue weighted by molar-refractivity contribution is 0.0168. The summed E-state index contributed by atoms with van der Waals surface area (Å²) in [5, 5.41) is -9.61. The van der Waals surface area contributed by atoms with Crippen LogP contribution in [0.1, 0.15) is 15.9 Å². The van der Waals surface area contributed by atoms with Gasteiger partial charge in [-0.25, -0.2) is 4.79 Å². The highest BCUT2D eigenvalue weighted by Gasteiger charge is 2.59. The molecule has 1 atom stereocenters. The van der Waals surface area contributed by atoms with E-state index in [1.54, 1.807) is 12.1 Å². The van der Waals surface area contributed by atoms with Crippen LogP contribution in [-0.4, -0.2) is 84.4 Å². The number of carbonyl (C=O) groups excluding carboxylic acids is 1. The Morgan fingerprint density at radius 3 is 1.83 bits per heavy atom. The SMILES string of the molecule is [B]C([B])([B])C([B])([B])C([B])([B])C([B])([B])C1([B])OC(=O)c2ccccc21. The maximum Gasteiger partial charge on any atom is 0.338 e. The number of cyclic esters (lactones) is 1. The highest BCUT2D eigenvalue weighted by atomic mass is 16.6. The Kier molecular flexibility index (Phi) is 4.44. The van der Waals surface area contributed by atoms with Gasteiger partial charge in [0.1, 0.15) is 7.85 Å². The van der Waals surface area contributed by atoms with Crippen molar-refractivity contribution < 1.29 is 9.53 Å². The molecule has 94 valence electrons. The fraction of sp³-hybridized carbons (Fsp3) is 0.417. The van der Waals surface area contributed by atoms with Crippen LogP contribution in [0.25, 0.3) is 0 Å². The molecule has 0 saturated heterocycles. The first-order valence-corrected chi connectivity index (χ1v) is 6.83. The summed E-state index contributed by atoms with van der Waals surface area (Å²) in [5.74, 6) is -0.775. The molecule has 1 heterocycles. The van der Waals surface area contributed by atoms with Crippen molar-refractivity contribution in [3.05, 3.63) is 35.4 Å². The molecule has 1 unspecified atom stereocenters. The molecule has 2 nitrogen and oxygen atoms in total. The summed E-state index contributed by atoms with van der Waals surface area (Å²) in [6.07, 6.45) is 0. The third-order valence-electron chi connectivity index (χ3n) is 4.50. The lowest BCUT2D eigenvalue weighted by atomic mass is 9.06. The number of fused-ring (bicyclic) bond motifs is 1. The summed E-state index contributed by atoms with van der Waals surface area (Å²) in [6.45, 7) is 0. The molecular formula is C12H4B10O2. The first kappa shape index (κ1) is 19.7. The van der Waals surface area contributed by atoms with Crippen molar-refractivity contribution in [3.8, 4) is 0 Å². The minimum atomic E-state index is -2.48. The molecule has 0 spiro atoms. The summed E-state index contributed by atoms with van der Waals surface area (Å²) in [6, 6.07) is 6.12. The molecule has 1 aromatic carbocycles. The number of carbonyl (C=O) groups is 1. The van der Waals surface area contributed by atoms with E-state index in [0.29, 0.717) is 0 Å². The van der Waals surface area contributed by atoms with Crippen LogP contribution in [0, 0.1) is 0 Å². The second-order valence-electron chi connectivity index (χ2n) is 6.21. The number of esters is 1. The van der Waals surface area contributed by atoms with E-state index in [2.05, 4.69) is 0 Å². The van der Waals surface area contributed by atoms with Crippen LogP contribution in [0.5, 0.6) is 0 Å². The number of benzene rings is 1. The van der Waals surface area contributed by atoms with Crippen LogP contribution in [0.15, 0.2) is 24.3 Å². The monoisotopic (exact) mass is 290 g/mol. The molecule has 0 bridgehead atoms. The van der Waals surface area contributed by atoms with E-state index in [0.717, 1.165) is 0 Å². The summed E-state index contributed by atoms with van der Waals surface area (Å²) in [4.78, 5) is 12.1. The molecule has 24 heavy (non-hydrogen) atoms. The maximum atomic E-state index is 12.1. The van der Waals surface area contributed by atoms with E-state index in [1.165, 1.54) is 12.1 Å². The molecule has 0 saturated carbocycles. The zero-order valence-corrected chi connectivity index (χ0v) is 12.9. The Morgan fingerprint density at radius 1 is 0.833 bits per heavy atom. The van der Waals surface area contributed by atoms with Gasteiger partial charge in [-0.3, -0.25) is 0 Å². The zero-order chi connectivity index (χ0) is 18.8. The van der Waals surface area contributed by atoms with E-state index in [-0.39, 0.29) is 11.1 Å². The molecule has 12 heteroatoms. The summed E-state index contributed by atoms with van der Waals surface area (Å²) in [5.41, 5.74) is -1.89. The van der Waals surface area contributed by atoms with Crippen molar-refractivity contribution in [2.75, 3.05) is 0 Å². The van der Waals surface area contributed by atoms with Gasteiger partial charge in [0.2, 0.25) is 0 Å². The van der Waals surface area contributed by atoms with Gasteiger partial charge in [-0.1, -0.05) is 23.4 Å². The van der Waals surface area contributed by atoms with Crippen molar-refractivity contribution in [2.24, 2.45) is 0 Å². The normalized spacial score (nSPS) is 21.9. The Balaban J connectivity index is 2.65. The average Bonchev–Trinajstić information content (AvgIpc) is 2.71. The molecule has 20 radical (unpaired) electrons.